The van der Waals surface area contributed by atoms with Crippen molar-refractivity contribution < 1.29 is 0 Å². The highest BCUT2D eigenvalue weighted by Crippen LogP contribution is 2.23. The molecule has 1 N–H and O–H groups in total. The van der Waals surface area contributed by atoms with E-state index < -0.39 is 0 Å². The van der Waals surface area contributed by atoms with Crippen LogP contribution in [0.2, 0.25) is 5.02 Å². The molecule has 1 heterocycles. The van der Waals surface area contributed by atoms with Crippen LogP contribution >= 0.6 is 22.9 Å². The van der Waals surface area contributed by atoms with Gasteiger partial charge in [-0.25, -0.2) is 4.98 Å². The van der Waals surface area contributed by atoms with E-state index in [0.717, 1.165) is 23.7 Å². The second-order valence-corrected chi connectivity index (χ2v) is 4.76. The Morgan fingerprint density at radius 3 is 3.06 bits per heavy atom. The molecule has 0 saturated carbocycles. The minimum Gasteiger partial charge on any atom is -0.384 e. The van der Waals surface area contributed by atoms with Gasteiger partial charge < -0.3 is 5.32 Å². The van der Waals surface area contributed by atoms with Gasteiger partial charge in [0.1, 0.15) is 6.07 Å². The Morgan fingerprint density at radius 2 is 2.35 bits per heavy atom. The quantitative estimate of drug-likeness (QED) is 0.921. The van der Waals surface area contributed by atoms with Gasteiger partial charge in [0, 0.05) is 24.5 Å². The van der Waals surface area contributed by atoms with E-state index in [-0.39, 0.29) is 0 Å². The van der Waals surface area contributed by atoms with Crippen LogP contribution in [0.5, 0.6) is 0 Å². The summed E-state index contributed by atoms with van der Waals surface area (Å²) in [6, 6.07) is 7.50. The summed E-state index contributed by atoms with van der Waals surface area (Å²) in [4.78, 5) is 4.20. The summed E-state index contributed by atoms with van der Waals surface area (Å²) in [5, 5.41) is 15.7. The first kappa shape index (κ1) is 11.9. The average molecular weight is 264 g/mol. The zero-order chi connectivity index (χ0) is 12.1. The molecule has 0 bridgehead atoms. The van der Waals surface area contributed by atoms with E-state index in [1.165, 1.54) is 0 Å². The molecule has 0 aliphatic carbocycles. The van der Waals surface area contributed by atoms with Crippen LogP contribution in [0.1, 0.15) is 10.6 Å². The van der Waals surface area contributed by atoms with E-state index in [9.17, 15) is 0 Å². The Hall–Kier alpha value is -1.57. The van der Waals surface area contributed by atoms with Crippen LogP contribution in [0, 0.1) is 11.3 Å². The molecule has 2 rings (SSSR count). The molecule has 5 heteroatoms. The smallest absolute Gasteiger partial charge is 0.103 e. The van der Waals surface area contributed by atoms with E-state index in [1.807, 2.05) is 17.5 Å². The molecule has 0 fully saturated rings. The molecule has 0 amide bonds. The monoisotopic (exact) mass is 263 g/mol. The minimum absolute atomic E-state index is 0.478. The number of rotatable bonds is 4. The number of halogens is 1. The summed E-state index contributed by atoms with van der Waals surface area (Å²) < 4.78 is 0. The molecule has 1 aromatic carbocycles. The Kier molecular flexibility index (Phi) is 3.97. The number of nitrogens with zero attached hydrogens (tertiary/aromatic N) is 2. The summed E-state index contributed by atoms with van der Waals surface area (Å²) in [7, 11) is 0. The van der Waals surface area contributed by atoms with Crippen molar-refractivity contribution in [3.8, 4) is 6.07 Å². The number of benzene rings is 1. The Morgan fingerprint density at radius 1 is 1.47 bits per heavy atom. The standard InChI is InChI=1S/C12H10ClN3S/c13-10-2-1-3-11(9(10)8-14)15-5-4-12-16-6-7-17-12/h1-3,6-7,15H,4-5H2. The summed E-state index contributed by atoms with van der Waals surface area (Å²) in [6.07, 6.45) is 2.63. The first-order chi connectivity index (χ1) is 8.31. The Labute approximate surface area is 109 Å². The van der Waals surface area contributed by atoms with Gasteiger partial charge in [-0.3, -0.25) is 0 Å². The van der Waals surface area contributed by atoms with Crippen LogP contribution < -0.4 is 5.32 Å². The van der Waals surface area contributed by atoms with Crippen LogP contribution in [0.3, 0.4) is 0 Å². The maximum absolute atomic E-state index is 9.00. The van der Waals surface area contributed by atoms with Crippen molar-refractivity contribution in [2.75, 3.05) is 11.9 Å². The third kappa shape index (κ3) is 2.96. The van der Waals surface area contributed by atoms with Crippen molar-refractivity contribution in [1.82, 2.24) is 4.98 Å². The number of nitrogens with one attached hydrogen (secondary N) is 1. The largest absolute Gasteiger partial charge is 0.384 e. The van der Waals surface area contributed by atoms with Gasteiger partial charge in [-0.1, -0.05) is 17.7 Å². The van der Waals surface area contributed by atoms with Crippen LogP contribution in [0.15, 0.2) is 29.8 Å². The van der Waals surface area contributed by atoms with Gasteiger partial charge in [-0.05, 0) is 12.1 Å². The number of anilines is 1. The third-order valence-corrected chi connectivity index (χ3v) is 3.42. The van der Waals surface area contributed by atoms with E-state index in [1.54, 1.807) is 23.6 Å². The predicted octanol–water partition coefficient (Wildman–Crippen LogP) is 3.32. The molecule has 0 radical (unpaired) electrons. The molecule has 3 nitrogen and oxygen atoms in total. The van der Waals surface area contributed by atoms with Gasteiger partial charge in [0.05, 0.1) is 21.3 Å². The summed E-state index contributed by atoms with van der Waals surface area (Å²) >= 11 is 7.56. The van der Waals surface area contributed by atoms with E-state index in [2.05, 4.69) is 16.4 Å². The summed E-state index contributed by atoms with van der Waals surface area (Å²) in [5.41, 5.74) is 1.27. The number of aromatic nitrogens is 1. The number of hydrogen-bond acceptors (Lipinski definition) is 4. The zero-order valence-corrected chi connectivity index (χ0v) is 10.6. The van der Waals surface area contributed by atoms with Crippen molar-refractivity contribution in [1.29, 1.82) is 5.26 Å². The minimum atomic E-state index is 0.478. The zero-order valence-electron chi connectivity index (χ0n) is 8.98. The highest BCUT2D eigenvalue weighted by Gasteiger charge is 2.05. The molecular weight excluding hydrogens is 254 g/mol. The normalized spacial score (nSPS) is 9.88. The maximum atomic E-state index is 9.00. The second kappa shape index (κ2) is 5.67. The lowest BCUT2D eigenvalue weighted by atomic mass is 10.2. The van der Waals surface area contributed by atoms with E-state index >= 15 is 0 Å². The van der Waals surface area contributed by atoms with Crippen molar-refractivity contribution in [3.63, 3.8) is 0 Å². The molecule has 86 valence electrons. The van der Waals surface area contributed by atoms with Gasteiger partial charge >= 0.3 is 0 Å². The highest BCUT2D eigenvalue weighted by atomic mass is 35.5. The summed E-state index contributed by atoms with van der Waals surface area (Å²) in [6.45, 7) is 0.739. The lowest BCUT2D eigenvalue weighted by molar-refractivity contribution is 0.997. The van der Waals surface area contributed by atoms with Crippen molar-refractivity contribution >= 4 is 28.6 Å². The number of hydrogen-bond donors (Lipinski definition) is 1. The third-order valence-electron chi connectivity index (χ3n) is 2.26. The van der Waals surface area contributed by atoms with Gasteiger partial charge in [-0.2, -0.15) is 5.26 Å². The Bertz CT molecular complexity index is 531. The topological polar surface area (TPSA) is 48.7 Å². The molecule has 0 unspecified atom stereocenters. The fraction of sp³-hybridized carbons (Fsp3) is 0.167. The fourth-order valence-corrected chi connectivity index (χ4v) is 2.30. The van der Waals surface area contributed by atoms with Crippen LogP contribution in [-0.4, -0.2) is 11.5 Å². The first-order valence-electron chi connectivity index (χ1n) is 5.12. The molecule has 0 saturated heterocycles. The van der Waals surface area contributed by atoms with Crippen molar-refractivity contribution in [2.24, 2.45) is 0 Å². The number of thiazole rings is 1. The SMILES string of the molecule is N#Cc1c(Cl)cccc1NCCc1nccs1. The molecule has 0 atom stereocenters. The molecule has 1 aromatic heterocycles. The molecule has 0 spiro atoms. The molecule has 0 aliphatic heterocycles. The predicted molar refractivity (Wildman–Crippen MR) is 70.5 cm³/mol. The van der Waals surface area contributed by atoms with Gasteiger partial charge in [0.15, 0.2) is 0 Å². The van der Waals surface area contributed by atoms with E-state index in [4.69, 9.17) is 16.9 Å². The first-order valence-corrected chi connectivity index (χ1v) is 6.38. The Balaban J connectivity index is 2.00. The van der Waals surface area contributed by atoms with Gasteiger partial charge in [0.25, 0.3) is 0 Å². The van der Waals surface area contributed by atoms with E-state index in [0.29, 0.717) is 10.6 Å². The lowest BCUT2D eigenvalue weighted by Gasteiger charge is -2.07. The molecule has 0 aliphatic rings. The van der Waals surface area contributed by atoms with Crippen LogP contribution in [0.4, 0.5) is 5.69 Å². The highest BCUT2D eigenvalue weighted by molar-refractivity contribution is 7.09. The van der Waals surface area contributed by atoms with Gasteiger partial charge in [-0.15, -0.1) is 11.3 Å². The number of nitriles is 1. The molecular formula is C12H10ClN3S. The average Bonchev–Trinajstić information content (AvgIpc) is 2.82. The van der Waals surface area contributed by atoms with Crippen molar-refractivity contribution in [3.05, 3.63) is 45.4 Å². The van der Waals surface area contributed by atoms with Crippen molar-refractivity contribution in [2.45, 2.75) is 6.42 Å². The van der Waals surface area contributed by atoms with Crippen LogP contribution in [-0.2, 0) is 6.42 Å². The maximum Gasteiger partial charge on any atom is 0.103 e. The molecule has 2 aromatic rings. The second-order valence-electron chi connectivity index (χ2n) is 3.38. The van der Waals surface area contributed by atoms with Crippen LogP contribution in [0.25, 0.3) is 0 Å². The fourth-order valence-electron chi connectivity index (χ4n) is 1.47. The van der Waals surface area contributed by atoms with Gasteiger partial charge in [0.2, 0.25) is 0 Å². The summed E-state index contributed by atoms with van der Waals surface area (Å²) in [5.74, 6) is 0. The lowest BCUT2D eigenvalue weighted by Crippen LogP contribution is -2.06. The molecule has 17 heavy (non-hydrogen) atoms.